The number of amides is 3. The Labute approximate surface area is 158 Å². The van der Waals surface area contributed by atoms with Crippen LogP contribution in [0.5, 0.6) is 5.75 Å². The van der Waals surface area contributed by atoms with Crippen LogP contribution in [-0.4, -0.2) is 35.3 Å². The van der Waals surface area contributed by atoms with Gasteiger partial charge in [-0.1, -0.05) is 30.3 Å². The van der Waals surface area contributed by atoms with Crippen LogP contribution >= 0.6 is 0 Å². The fourth-order valence-corrected chi connectivity index (χ4v) is 3.16. The minimum absolute atomic E-state index is 0.0107. The average molecular weight is 371 g/mol. The van der Waals surface area contributed by atoms with Crippen LogP contribution in [0.2, 0.25) is 0 Å². The Morgan fingerprint density at radius 1 is 1.04 bits per heavy atom. The van der Waals surface area contributed by atoms with Gasteiger partial charge in [-0.05, 0) is 55.5 Å². The highest BCUT2D eigenvalue weighted by molar-refractivity contribution is 5.85. The molecule has 0 spiro atoms. The molecule has 7 nitrogen and oxygen atoms in total. The lowest BCUT2D eigenvalue weighted by Crippen LogP contribution is -2.53. The van der Waals surface area contributed by atoms with E-state index in [4.69, 9.17) is 4.74 Å². The Morgan fingerprint density at radius 3 is 2.48 bits per heavy atom. The lowest BCUT2D eigenvalue weighted by molar-refractivity contribution is -0.128. The average Bonchev–Trinajstić information content (AvgIpc) is 2.67. The highest BCUT2D eigenvalue weighted by Crippen LogP contribution is 2.21. The van der Waals surface area contributed by atoms with Gasteiger partial charge >= 0.3 is 6.03 Å². The Kier molecular flexibility index (Phi) is 6.13. The molecule has 1 saturated carbocycles. The molecule has 0 aromatic heterocycles. The van der Waals surface area contributed by atoms with E-state index in [1.807, 2.05) is 42.5 Å². The summed E-state index contributed by atoms with van der Waals surface area (Å²) < 4.78 is 5.67. The zero-order valence-corrected chi connectivity index (χ0v) is 15.3. The van der Waals surface area contributed by atoms with Crippen LogP contribution in [0.1, 0.15) is 32.6 Å². The minimum atomic E-state index is -0.767. The zero-order valence-electron chi connectivity index (χ0n) is 15.3. The van der Waals surface area contributed by atoms with Gasteiger partial charge in [0.05, 0.1) is 6.10 Å². The summed E-state index contributed by atoms with van der Waals surface area (Å²) in [6.45, 7) is 1.62. The molecular formula is C20H25N3O4. The predicted octanol–water partition coefficient (Wildman–Crippen LogP) is 2.24. The summed E-state index contributed by atoms with van der Waals surface area (Å²) in [5, 5.41) is 14.4. The molecule has 7 heteroatoms. The van der Waals surface area contributed by atoms with E-state index in [1.54, 1.807) is 6.92 Å². The fourth-order valence-electron chi connectivity index (χ4n) is 3.16. The summed E-state index contributed by atoms with van der Waals surface area (Å²) in [5.74, 6) is 0.138. The van der Waals surface area contributed by atoms with E-state index in [0.29, 0.717) is 18.6 Å². The lowest BCUT2D eigenvalue weighted by Gasteiger charge is -2.26. The molecule has 1 aliphatic rings. The van der Waals surface area contributed by atoms with E-state index in [0.717, 1.165) is 23.6 Å². The summed E-state index contributed by atoms with van der Waals surface area (Å²) in [6.07, 6.45) is 1.76. The summed E-state index contributed by atoms with van der Waals surface area (Å²) in [7, 11) is 0. The van der Waals surface area contributed by atoms with Gasteiger partial charge in [-0.3, -0.25) is 10.2 Å². The first kappa shape index (κ1) is 19.0. The number of hydrogen-bond donors (Lipinski definition) is 4. The van der Waals surface area contributed by atoms with Crippen LogP contribution in [0.15, 0.2) is 42.5 Å². The second-order valence-corrected chi connectivity index (χ2v) is 6.86. The van der Waals surface area contributed by atoms with Gasteiger partial charge in [-0.15, -0.1) is 0 Å². The molecule has 1 atom stereocenters. The third-order valence-corrected chi connectivity index (χ3v) is 4.73. The van der Waals surface area contributed by atoms with Crippen molar-refractivity contribution in [3.8, 4) is 5.75 Å². The van der Waals surface area contributed by atoms with Crippen molar-refractivity contribution in [1.82, 2.24) is 16.2 Å². The molecule has 1 unspecified atom stereocenters. The van der Waals surface area contributed by atoms with Gasteiger partial charge in [0.2, 0.25) is 0 Å². The molecule has 4 N–H and O–H groups in total. The highest BCUT2D eigenvalue weighted by Gasteiger charge is 2.21. The van der Waals surface area contributed by atoms with Gasteiger partial charge in [0.1, 0.15) is 5.75 Å². The van der Waals surface area contributed by atoms with Crippen LogP contribution < -0.4 is 20.9 Å². The number of urea groups is 1. The molecule has 1 fully saturated rings. The second kappa shape index (κ2) is 8.73. The van der Waals surface area contributed by atoms with Crippen LogP contribution in [-0.2, 0) is 4.79 Å². The standard InChI is InChI=1S/C20H25N3O4/c1-13(27-18-11-6-14-4-2-3-5-15(14)12-18)19(25)22-23-20(26)21-16-7-9-17(24)10-8-16/h2-6,11-13,16-17,24H,7-10H2,1H3,(H,22,25)(H2,21,23,26). The fraction of sp³-hybridized carbons (Fsp3) is 0.400. The summed E-state index contributed by atoms with van der Waals surface area (Å²) >= 11 is 0. The predicted molar refractivity (Wildman–Crippen MR) is 102 cm³/mol. The molecule has 3 rings (SSSR count). The number of benzene rings is 2. The molecule has 0 radical (unpaired) electrons. The maximum Gasteiger partial charge on any atom is 0.333 e. The van der Waals surface area contributed by atoms with Crippen molar-refractivity contribution < 1.29 is 19.4 Å². The number of ether oxygens (including phenoxy) is 1. The van der Waals surface area contributed by atoms with Gasteiger partial charge < -0.3 is 15.2 Å². The second-order valence-electron chi connectivity index (χ2n) is 6.86. The van der Waals surface area contributed by atoms with E-state index < -0.39 is 18.0 Å². The number of nitrogens with one attached hydrogen (secondary N) is 3. The smallest absolute Gasteiger partial charge is 0.333 e. The number of carbonyl (C=O) groups excluding carboxylic acids is 2. The summed E-state index contributed by atoms with van der Waals surface area (Å²) in [4.78, 5) is 24.0. The quantitative estimate of drug-likeness (QED) is 0.619. The van der Waals surface area contributed by atoms with E-state index in [9.17, 15) is 14.7 Å². The molecule has 27 heavy (non-hydrogen) atoms. The molecule has 3 amide bonds. The van der Waals surface area contributed by atoms with E-state index in [2.05, 4.69) is 16.2 Å². The third-order valence-electron chi connectivity index (χ3n) is 4.73. The Bertz CT molecular complexity index is 803. The van der Waals surface area contributed by atoms with Crippen molar-refractivity contribution in [3.05, 3.63) is 42.5 Å². The van der Waals surface area contributed by atoms with Crippen molar-refractivity contribution in [2.24, 2.45) is 0 Å². The SMILES string of the molecule is CC(Oc1ccc2ccccc2c1)C(=O)NNC(=O)NC1CCC(O)CC1. The summed E-state index contributed by atoms with van der Waals surface area (Å²) in [6, 6.07) is 13.0. The Morgan fingerprint density at radius 2 is 1.74 bits per heavy atom. The number of carbonyl (C=O) groups is 2. The molecule has 0 aliphatic heterocycles. The molecule has 0 bridgehead atoms. The number of hydrazine groups is 1. The zero-order chi connectivity index (χ0) is 19.2. The van der Waals surface area contributed by atoms with Gasteiger partial charge in [0.15, 0.2) is 6.10 Å². The van der Waals surface area contributed by atoms with Gasteiger partial charge in [-0.2, -0.15) is 0 Å². The van der Waals surface area contributed by atoms with Crippen molar-refractivity contribution in [2.75, 3.05) is 0 Å². The maximum atomic E-state index is 12.1. The van der Waals surface area contributed by atoms with Crippen molar-refractivity contribution in [1.29, 1.82) is 0 Å². The lowest BCUT2D eigenvalue weighted by atomic mass is 9.93. The Balaban J connectivity index is 1.44. The first-order valence-electron chi connectivity index (χ1n) is 9.21. The van der Waals surface area contributed by atoms with Crippen molar-refractivity contribution in [3.63, 3.8) is 0 Å². The van der Waals surface area contributed by atoms with Gasteiger partial charge in [0, 0.05) is 6.04 Å². The molecule has 2 aromatic carbocycles. The number of fused-ring (bicyclic) bond motifs is 1. The molecule has 1 aliphatic carbocycles. The number of hydrogen-bond acceptors (Lipinski definition) is 4. The largest absolute Gasteiger partial charge is 0.481 e. The van der Waals surface area contributed by atoms with Crippen LogP contribution in [0, 0.1) is 0 Å². The van der Waals surface area contributed by atoms with Crippen LogP contribution in [0.4, 0.5) is 4.79 Å². The van der Waals surface area contributed by atoms with E-state index in [-0.39, 0.29) is 12.1 Å². The molecule has 144 valence electrons. The molecule has 0 saturated heterocycles. The van der Waals surface area contributed by atoms with E-state index in [1.165, 1.54) is 0 Å². The first-order chi connectivity index (χ1) is 13.0. The van der Waals surface area contributed by atoms with Crippen molar-refractivity contribution >= 4 is 22.7 Å². The first-order valence-corrected chi connectivity index (χ1v) is 9.21. The summed E-state index contributed by atoms with van der Waals surface area (Å²) in [5.41, 5.74) is 4.71. The van der Waals surface area contributed by atoms with E-state index >= 15 is 0 Å². The minimum Gasteiger partial charge on any atom is -0.481 e. The molecule has 2 aromatic rings. The monoisotopic (exact) mass is 371 g/mol. The number of aliphatic hydroxyl groups excluding tert-OH is 1. The Hall–Kier alpha value is -2.80. The normalized spacial score (nSPS) is 20.5. The highest BCUT2D eigenvalue weighted by atomic mass is 16.5. The number of rotatable bonds is 4. The van der Waals surface area contributed by atoms with Crippen LogP contribution in [0.25, 0.3) is 10.8 Å². The van der Waals surface area contributed by atoms with Gasteiger partial charge in [-0.25, -0.2) is 10.2 Å². The maximum absolute atomic E-state index is 12.1. The van der Waals surface area contributed by atoms with Crippen molar-refractivity contribution in [2.45, 2.75) is 50.9 Å². The molecule has 0 heterocycles. The van der Waals surface area contributed by atoms with Crippen LogP contribution in [0.3, 0.4) is 0 Å². The molecular weight excluding hydrogens is 346 g/mol. The number of aliphatic hydroxyl groups is 1. The topological polar surface area (TPSA) is 99.7 Å². The third kappa shape index (κ3) is 5.34. The van der Waals surface area contributed by atoms with Gasteiger partial charge in [0.25, 0.3) is 5.91 Å².